The van der Waals surface area contributed by atoms with Gasteiger partial charge in [-0.05, 0) is 48.7 Å². The Balaban J connectivity index is 2.25. The van der Waals surface area contributed by atoms with Crippen LogP contribution in [-0.2, 0) is 6.42 Å². The van der Waals surface area contributed by atoms with Crippen molar-refractivity contribution in [1.29, 1.82) is 0 Å². The van der Waals surface area contributed by atoms with Gasteiger partial charge in [0.2, 0.25) is 0 Å². The van der Waals surface area contributed by atoms with E-state index in [4.69, 9.17) is 22.1 Å². The predicted molar refractivity (Wildman–Crippen MR) is 79.9 cm³/mol. The van der Waals surface area contributed by atoms with Crippen LogP contribution < -0.4 is 10.5 Å². The Hall–Kier alpha value is -1.65. The fourth-order valence-corrected chi connectivity index (χ4v) is 2.10. The fraction of sp³-hybridized carbons (Fsp3) is 0.250. The summed E-state index contributed by atoms with van der Waals surface area (Å²) in [6, 6.07) is 8.73. The van der Waals surface area contributed by atoms with Gasteiger partial charge in [0.25, 0.3) is 0 Å². The highest BCUT2D eigenvalue weighted by Gasteiger charge is 2.15. The number of nitrogens with two attached hydrogens (primary N) is 1. The molecular formula is C16H16ClF2NO. The number of ether oxygens (including phenoxy) is 1. The minimum Gasteiger partial charge on any atom is -0.451 e. The Morgan fingerprint density at radius 1 is 1.19 bits per heavy atom. The SMILES string of the molecule is CCC(N)Cc1cc(F)c(Oc2cccc(Cl)c2)c(F)c1. The van der Waals surface area contributed by atoms with E-state index >= 15 is 0 Å². The fourth-order valence-electron chi connectivity index (χ4n) is 1.92. The Bertz CT molecular complexity index is 610. The summed E-state index contributed by atoms with van der Waals surface area (Å²) < 4.78 is 33.3. The van der Waals surface area contributed by atoms with Crippen LogP contribution in [0.1, 0.15) is 18.9 Å². The third-order valence-corrected chi connectivity index (χ3v) is 3.33. The van der Waals surface area contributed by atoms with Crippen molar-refractivity contribution >= 4 is 11.6 Å². The maximum absolute atomic E-state index is 14.0. The molecule has 0 amide bonds. The van der Waals surface area contributed by atoms with Crippen molar-refractivity contribution in [2.75, 3.05) is 0 Å². The minimum atomic E-state index is -0.756. The first kappa shape index (κ1) is 15.7. The van der Waals surface area contributed by atoms with Crippen LogP contribution >= 0.6 is 11.6 Å². The maximum atomic E-state index is 14.0. The first-order valence-electron chi connectivity index (χ1n) is 6.66. The highest BCUT2D eigenvalue weighted by Crippen LogP contribution is 2.30. The third-order valence-electron chi connectivity index (χ3n) is 3.10. The number of hydrogen-bond acceptors (Lipinski definition) is 2. The van der Waals surface area contributed by atoms with Crippen molar-refractivity contribution in [2.24, 2.45) is 5.73 Å². The molecule has 5 heteroatoms. The molecule has 0 aromatic heterocycles. The number of halogens is 3. The van der Waals surface area contributed by atoms with Gasteiger partial charge in [-0.25, -0.2) is 8.78 Å². The Morgan fingerprint density at radius 3 is 2.43 bits per heavy atom. The van der Waals surface area contributed by atoms with E-state index in [-0.39, 0.29) is 11.8 Å². The Labute approximate surface area is 127 Å². The molecule has 0 radical (unpaired) electrons. The molecule has 1 unspecified atom stereocenters. The standard InChI is InChI=1S/C16H16ClF2NO/c1-2-12(20)6-10-7-14(18)16(15(19)8-10)21-13-5-3-4-11(17)9-13/h3-5,7-9,12H,2,6,20H2,1H3. The molecular weight excluding hydrogens is 296 g/mol. The van der Waals surface area contributed by atoms with Gasteiger partial charge in [-0.15, -0.1) is 0 Å². The van der Waals surface area contributed by atoms with E-state index in [1.54, 1.807) is 18.2 Å². The van der Waals surface area contributed by atoms with Gasteiger partial charge in [-0.2, -0.15) is 0 Å². The van der Waals surface area contributed by atoms with E-state index < -0.39 is 17.4 Å². The molecule has 0 aliphatic carbocycles. The van der Waals surface area contributed by atoms with Crippen molar-refractivity contribution in [2.45, 2.75) is 25.8 Å². The van der Waals surface area contributed by atoms with E-state index in [0.717, 1.165) is 6.42 Å². The lowest BCUT2D eigenvalue weighted by Gasteiger charge is -2.12. The van der Waals surface area contributed by atoms with Gasteiger partial charge in [-0.3, -0.25) is 0 Å². The van der Waals surface area contributed by atoms with Crippen molar-refractivity contribution in [3.8, 4) is 11.5 Å². The monoisotopic (exact) mass is 311 g/mol. The summed E-state index contributed by atoms with van der Waals surface area (Å²) in [6.45, 7) is 1.92. The minimum absolute atomic E-state index is 0.122. The van der Waals surface area contributed by atoms with E-state index in [0.29, 0.717) is 17.0 Å². The van der Waals surface area contributed by atoms with E-state index in [1.807, 2.05) is 6.92 Å². The molecule has 0 aliphatic heterocycles. The van der Waals surface area contributed by atoms with Crippen molar-refractivity contribution in [3.05, 3.63) is 58.6 Å². The molecule has 0 fully saturated rings. The first-order chi connectivity index (χ1) is 9.99. The summed E-state index contributed by atoms with van der Waals surface area (Å²) >= 11 is 5.81. The second-order valence-electron chi connectivity index (χ2n) is 4.82. The number of hydrogen-bond donors (Lipinski definition) is 1. The molecule has 0 heterocycles. The molecule has 112 valence electrons. The van der Waals surface area contributed by atoms with Crippen LogP contribution in [0.15, 0.2) is 36.4 Å². The molecule has 0 saturated heterocycles. The van der Waals surface area contributed by atoms with Crippen molar-refractivity contribution < 1.29 is 13.5 Å². The lowest BCUT2D eigenvalue weighted by molar-refractivity contribution is 0.406. The van der Waals surface area contributed by atoms with Crippen LogP contribution in [0.5, 0.6) is 11.5 Å². The van der Waals surface area contributed by atoms with Gasteiger partial charge >= 0.3 is 0 Å². The second kappa shape index (κ2) is 6.87. The number of benzene rings is 2. The molecule has 2 aromatic carbocycles. The van der Waals surface area contributed by atoms with Crippen molar-refractivity contribution in [1.82, 2.24) is 0 Å². The average Bonchev–Trinajstić information content (AvgIpc) is 2.43. The Kier molecular flexibility index (Phi) is 5.15. The molecule has 2 rings (SSSR count). The molecule has 0 saturated carbocycles. The first-order valence-corrected chi connectivity index (χ1v) is 7.04. The van der Waals surface area contributed by atoms with E-state index in [9.17, 15) is 8.78 Å². The summed E-state index contributed by atoms with van der Waals surface area (Å²) in [6.07, 6.45) is 1.16. The quantitative estimate of drug-likeness (QED) is 0.869. The summed E-state index contributed by atoms with van der Waals surface area (Å²) in [7, 11) is 0. The summed E-state index contributed by atoms with van der Waals surface area (Å²) in [5.74, 6) is -1.68. The molecule has 21 heavy (non-hydrogen) atoms. The lowest BCUT2D eigenvalue weighted by atomic mass is 10.0. The zero-order valence-electron chi connectivity index (χ0n) is 11.6. The van der Waals surface area contributed by atoms with E-state index in [2.05, 4.69) is 0 Å². The van der Waals surface area contributed by atoms with Gasteiger partial charge < -0.3 is 10.5 Å². The van der Waals surface area contributed by atoms with Gasteiger partial charge in [0.05, 0.1) is 0 Å². The molecule has 0 bridgehead atoms. The van der Waals surface area contributed by atoms with Crippen LogP contribution in [0.25, 0.3) is 0 Å². The second-order valence-corrected chi connectivity index (χ2v) is 5.26. The average molecular weight is 312 g/mol. The van der Waals surface area contributed by atoms with Gasteiger partial charge in [0.15, 0.2) is 17.4 Å². The lowest BCUT2D eigenvalue weighted by Crippen LogP contribution is -2.21. The zero-order valence-corrected chi connectivity index (χ0v) is 12.3. The van der Waals surface area contributed by atoms with Crippen LogP contribution in [0.3, 0.4) is 0 Å². The highest BCUT2D eigenvalue weighted by molar-refractivity contribution is 6.30. The van der Waals surface area contributed by atoms with Crippen LogP contribution in [0.2, 0.25) is 5.02 Å². The normalized spacial score (nSPS) is 12.2. The Morgan fingerprint density at radius 2 is 1.86 bits per heavy atom. The molecule has 0 aliphatic rings. The summed E-state index contributed by atoms with van der Waals surface area (Å²) in [5.41, 5.74) is 6.30. The molecule has 2 aromatic rings. The molecule has 0 spiro atoms. The van der Waals surface area contributed by atoms with E-state index in [1.165, 1.54) is 18.2 Å². The van der Waals surface area contributed by atoms with Gasteiger partial charge in [0.1, 0.15) is 5.75 Å². The number of rotatable bonds is 5. The topological polar surface area (TPSA) is 35.2 Å². The summed E-state index contributed by atoms with van der Waals surface area (Å²) in [5, 5.41) is 0.429. The van der Waals surface area contributed by atoms with Crippen LogP contribution in [0, 0.1) is 11.6 Å². The van der Waals surface area contributed by atoms with Gasteiger partial charge in [0, 0.05) is 11.1 Å². The van der Waals surface area contributed by atoms with Gasteiger partial charge in [-0.1, -0.05) is 24.6 Å². The van der Waals surface area contributed by atoms with Crippen LogP contribution in [-0.4, -0.2) is 6.04 Å². The predicted octanol–water partition coefficient (Wildman–Crippen LogP) is 4.69. The van der Waals surface area contributed by atoms with Crippen LogP contribution in [0.4, 0.5) is 8.78 Å². The third kappa shape index (κ3) is 4.16. The molecule has 2 N–H and O–H groups in total. The summed E-state index contributed by atoms with van der Waals surface area (Å²) in [4.78, 5) is 0. The molecule has 2 nitrogen and oxygen atoms in total. The largest absolute Gasteiger partial charge is 0.451 e. The molecule has 1 atom stereocenters. The maximum Gasteiger partial charge on any atom is 0.198 e. The highest BCUT2D eigenvalue weighted by atomic mass is 35.5. The smallest absolute Gasteiger partial charge is 0.198 e. The zero-order chi connectivity index (χ0) is 15.4. The van der Waals surface area contributed by atoms with Crippen molar-refractivity contribution in [3.63, 3.8) is 0 Å².